The van der Waals surface area contributed by atoms with E-state index in [1.54, 1.807) is 25.1 Å². The van der Waals surface area contributed by atoms with Gasteiger partial charge in [0.1, 0.15) is 0 Å². The van der Waals surface area contributed by atoms with Gasteiger partial charge in [-0.25, -0.2) is 0 Å². The second kappa shape index (κ2) is 5.65. The quantitative estimate of drug-likeness (QED) is 0.428. The zero-order chi connectivity index (χ0) is 13.0. The Bertz CT molecular complexity index is 510. The number of carbonyl (C=O) groups excluding carboxylic acids is 1. The smallest absolute Gasteiger partial charge is 0.189 e. The minimum Gasteiger partial charge on any atom is -0.289 e. The third-order valence-corrected chi connectivity index (χ3v) is 2.79. The molecule has 0 bridgehead atoms. The monoisotopic (exact) mass is 246 g/mol. The minimum atomic E-state index is -0.128. The molecule has 0 aliphatic carbocycles. The SMILES string of the molecule is C=CC(=CC)c1ccc(Cl)c(C(=O)C(=C)C)c1. The average molecular weight is 247 g/mol. The van der Waals surface area contributed by atoms with Gasteiger partial charge in [-0.1, -0.05) is 43.0 Å². The Morgan fingerprint density at radius 3 is 2.53 bits per heavy atom. The van der Waals surface area contributed by atoms with Crippen LogP contribution in [0.25, 0.3) is 5.57 Å². The first-order chi connectivity index (χ1) is 8.01. The number of benzene rings is 1. The molecule has 0 N–H and O–H groups in total. The number of rotatable bonds is 4. The maximum Gasteiger partial charge on any atom is 0.189 e. The highest BCUT2D eigenvalue weighted by Gasteiger charge is 2.12. The summed E-state index contributed by atoms with van der Waals surface area (Å²) < 4.78 is 0. The summed E-state index contributed by atoms with van der Waals surface area (Å²) in [4.78, 5) is 11.9. The summed E-state index contributed by atoms with van der Waals surface area (Å²) in [5.74, 6) is -0.128. The Morgan fingerprint density at radius 2 is 2.06 bits per heavy atom. The van der Waals surface area contributed by atoms with Gasteiger partial charge in [0.25, 0.3) is 0 Å². The molecule has 0 fully saturated rings. The summed E-state index contributed by atoms with van der Waals surface area (Å²) in [6.45, 7) is 11.0. The van der Waals surface area contributed by atoms with Gasteiger partial charge in [0.15, 0.2) is 5.78 Å². The van der Waals surface area contributed by atoms with E-state index >= 15 is 0 Å². The van der Waals surface area contributed by atoms with Crippen molar-refractivity contribution in [3.63, 3.8) is 0 Å². The second-order valence-corrected chi connectivity index (χ2v) is 4.16. The molecule has 2 heteroatoms. The molecule has 0 aromatic heterocycles. The molecule has 0 radical (unpaired) electrons. The number of carbonyl (C=O) groups is 1. The lowest BCUT2D eigenvalue weighted by Gasteiger charge is -2.07. The number of allylic oxidation sites excluding steroid dienone is 4. The molecule has 0 saturated carbocycles. The van der Waals surface area contributed by atoms with Gasteiger partial charge in [-0.15, -0.1) is 0 Å². The minimum absolute atomic E-state index is 0.128. The van der Waals surface area contributed by atoms with Gasteiger partial charge in [-0.05, 0) is 42.7 Å². The fourth-order valence-corrected chi connectivity index (χ4v) is 1.71. The molecule has 1 aromatic carbocycles. The Hall–Kier alpha value is -1.60. The molecule has 17 heavy (non-hydrogen) atoms. The van der Waals surface area contributed by atoms with E-state index in [1.807, 2.05) is 19.1 Å². The van der Waals surface area contributed by atoms with Crippen molar-refractivity contribution in [2.24, 2.45) is 0 Å². The predicted octanol–water partition coefficient (Wildman–Crippen LogP) is 4.69. The Morgan fingerprint density at radius 1 is 1.41 bits per heavy atom. The zero-order valence-electron chi connectivity index (χ0n) is 10.1. The molecule has 0 heterocycles. The lowest BCUT2D eigenvalue weighted by atomic mass is 9.99. The molecule has 0 unspecified atom stereocenters. The van der Waals surface area contributed by atoms with Crippen LogP contribution in [0.5, 0.6) is 0 Å². The summed E-state index contributed by atoms with van der Waals surface area (Å²) in [7, 11) is 0. The van der Waals surface area contributed by atoms with Crippen LogP contribution < -0.4 is 0 Å². The van der Waals surface area contributed by atoms with Crippen LogP contribution in [-0.2, 0) is 0 Å². The van der Waals surface area contributed by atoms with E-state index in [0.29, 0.717) is 16.2 Å². The van der Waals surface area contributed by atoms with Crippen LogP contribution in [-0.4, -0.2) is 5.78 Å². The van der Waals surface area contributed by atoms with Crippen LogP contribution in [0.3, 0.4) is 0 Å². The number of Topliss-reactive ketones (excluding diaryl/α,β-unsaturated/α-hetero) is 1. The van der Waals surface area contributed by atoms with Crippen LogP contribution in [0.2, 0.25) is 5.02 Å². The van der Waals surface area contributed by atoms with E-state index in [1.165, 1.54) is 0 Å². The van der Waals surface area contributed by atoms with Crippen molar-refractivity contribution in [3.8, 4) is 0 Å². The van der Waals surface area contributed by atoms with Crippen LogP contribution >= 0.6 is 11.6 Å². The van der Waals surface area contributed by atoms with E-state index in [9.17, 15) is 4.79 Å². The predicted molar refractivity (Wildman–Crippen MR) is 74.4 cm³/mol. The molecule has 0 spiro atoms. The lowest BCUT2D eigenvalue weighted by Crippen LogP contribution is -2.01. The van der Waals surface area contributed by atoms with E-state index in [-0.39, 0.29) is 5.78 Å². The molecule has 0 aliphatic heterocycles. The van der Waals surface area contributed by atoms with Crippen molar-refractivity contribution in [1.82, 2.24) is 0 Å². The Kier molecular flexibility index (Phi) is 4.47. The van der Waals surface area contributed by atoms with Gasteiger partial charge in [-0.2, -0.15) is 0 Å². The molecule has 0 amide bonds. The lowest BCUT2D eigenvalue weighted by molar-refractivity contribution is 0.103. The van der Waals surface area contributed by atoms with Gasteiger partial charge in [0.05, 0.1) is 5.02 Å². The fourth-order valence-electron chi connectivity index (χ4n) is 1.51. The van der Waals surface area contributed by atoms with E-state index in [4.69, 9.17) is 11.6 Å². The van der Waals surface area contributed by atoms with Gasteiger partial charge in [0.2, 0.25) is 0 Å². The fraction of sp³-hybridized carbons (Fsp3) is 0.133. The molecule has 0 aliphatic rings. The highest BCUT2D eigenvalue weighted by molar-refractivity contribution is 6.35. The third kappa shape index (κ3) is 2.95. The molecule has 0 saturated heterocycles. The van der Waals surface area contributed by atoms with Gasteiger partial charge < -0.3 is 0 Å². The van der Waals surface area contributed by atoms with Gasteiger partial charge >= 0.3 is 0 Å². The molecular formula is C15H15ClO. The number of hydrogen-bond acceptors (Lipinski definition) is 1. The summed E-state index contributed by atoms with van der Waals surface area (Å²) >= 11 is 6.02. The van der Waals surface area contributed by atoms with Crippen LogP contribution in [0.1, 0.15) is 29.8 Å². The topological polar surface area (TPSA) is 17.1 Å². The van der Waals surface area contributed by atoms with Crippen molar-refractivity contribution < 1.29 is 4.79 Å². The molecule has 88 valence electrons. The standard InChI is InChI=1S/C15H15ClO/c1-5-11(6-2)12-7-8-14(16)13(9-12)15(17)10(3)4/h5-9H,1,3H2,2,4H3. The van der Waals surface area contributed by atoms with Crippen LogP contribution in [0.15, 0.2) is 49.1 Å². The number of hydrogen-bond donors (Lipinski definition) is 0. The highest BCUT2D eigenvalue weighted by atomic mass is 35.5. The molecule has 1 nitrogen and oxygen atoms in total. The van der Waals surface area contributed by atoms with E-state index < -0.39 is 0 Å². The van der Waals surface area contributed by atoms with E-state index in [2.05, 4.69) is 13.2 Å². The molecule has 1 aromatic rings. The zero-order valence-corrected chi connectivity index (χ0v) is 10.8. The average Bonchev–Trinajstić information content (AvgIpc) is 2.31. The number of halogens is 1. The Labute approximate surface area is 107 Å². The number of ketones is 1. The maximum atomic E-state index is 11.9. The van der Waals surface area contributed by atoms with E-state index in [0.717, 1.165) is 11.1 Å². The normalized spacial score (nSPS) is 11.1. The Balaban J connectivity index is 3.33. The van der Waals surface area contributed by atoms with Crippen LogP contribution in [0.4, 0.5) is 0 Å². The largest absolute Gasteiger partial charge is 0.289 e. The maximum absolute atomic E-state index is 11.9. The van der Waals surface area contributed by atoms with Crippen molar-refractivity contribution in [2.45, 2.75) is 13.8 Å². The molecule has 1 rings (SSSR count). The summed E-state index contributed by atoms with van der Waals surface area (Å²) in [6.07, 6.45) is 3.68. The molecular weight excluding hydrogens is 232 g/mol. The van der Waals surface area contributed by atoms with Crippen molar-refractivity contribution in [2.75, 3.05) is 0 Å². The van der Waals surface area contributed by atoms with Gasteiger partial charge in [0, 0.05) is 5.56 Å². The molecule has 0 atom stereocenters. The van der Waals surface area contributed by atoms with Crippen LogP contribution in [0, 0.1) is 0 Å². The summed E-state index contributed by atoms with van der Waals surface area (Å²) in [6, 6.07) is 5.37. The summed E-state index contributed by atoms with van der Waals surface area (Å²) in [5, 5.41) is 0.446. The third-order valence-electron chi connectivity index (χ3n) is 2.46. The van der Waals surface area contributed by atoms with Crippen molar-refractivity contribution in [1.29, 1.82) is 0 Å². The first kappa shape index (κ1) is 13.5. The first-order valence-electron chi connectivity index (χ1n) is 5.30. The first-order valence-corrected chi connectivity index (χ1v) is 5.68. The van der Waals surface area contributed by atoms with Gasteiger partial charge in [-0.3, -0.25) is 4.79 Å². The second-order valence-electron chi connectivity index (χ2n) is 3.75. The van der Waals surface area contributed by atoms with Crippen molar-refractivity contribution >= 4 is 23.0 Å². The van der Waals surface area contributed by atoms with Crippen molar-refractivity contribution in [3.05, 3.63) is 65.2 Å². The summed E-state index contributed by atoms with van der Waals surface area (Å²) in [5.41, 5.74) is 2.86. The highest BCUT2D eigenvalue weighted by Crippen LogP contribution is 2.24.